The molecule has 1 aromatic heterocycles. The number of halogens is 1. The number of nitrogens with zero attached hydrogens (tertiary/aromatic N) is 4. The summed E-state index contributed by atoms with van der Waals surface area (Å²) in [4.78, 5) is 24.3. The van der Waals surface area contributed by atoms with Gasteiger partial charge in [0.25, 0.3) is 5.91 Å². The van der Waals surface area contributed by atoms with E-state index >= 15 is 0 Å². The minimum Gasteiger partial charge on any atom is -0.465 e. The van der Waals surface area contributed by atoms with Gasteiger partial charge < -0.3 is 21.1 Å². The van der Waals surface area contributed by atoms with Crippen LogP contribution < -0.4 is 11.1 Å². The molecule has 3 rings (SSSR count). The van der Waals surface area contributed by atoms with Crippen LogP contribution in [0, 0.1) is 23.1 Å². The molecule has 1 saturated heterocycles. The molecule has 0 spiro atoms. The van der Waals surface area contributed by atoms with Gasteiger partial charge in [-0.2, -0.15) is 10.4 Å². The average molecular weight is 372 g/mol. The molecule has 0 saturated carbocycles. The zero-order valence-electron chi connectivity index (χ0n) is 14.2. The largest absolute Gasteiger partial charge is 0.465 e. The Labute approximate surface area is 153 Å². The fourth-order valence-electron chi connectivity index (χ4n) is 3.03. The summed E-state index contributed by atoms with van der Waals surface area (Å²) < 4.78 is 14.5. The third-order valence-electron chi connectivity index (χ3n) is 4.46. The van der Waals surface area contributed by atoms with Gasteiger partial charge in [-0.3, -0.25) is 9.48 Å². The maximum atomic E-state index is 13.1. The van der Waals surface area contributed by atoms with E-state index in [2.05, 4.69) is 16.5 Å². The first-order chi connectivity index (χ1) is 12.9. The van der Waals surface area contributed by atoms with Gasteiger partial charge in [0.1, 0.15) is 11.4 Å². The zero-order valence-corrected chi connectivity index (χ0v) is 14.2. The SMILES string of the molecule is N#C[C@@H]1CCN(C(=O)O)C[C@H]1n1cc(C(N)=O)c(Nc2ccc(F)cc2)n1. The van der Waals surface area contributed by atoms with Crippen LogP contribution in [0.25, 0.3) is 0 Å². The topological polar surface area (TPSA) is 137 Å². The lowest BCUT2D eigenvalue weighted by molar-refractivity contribution is 0.0996. The maximum absolute atomic E-state index is 13.1. The normalized spacial score (nSPS) is 19.3. The lowest BCUT2D eigenvalue weighted by Gasteiger charge is -2.34. The minimum atomic E-state index is -1.08. The molecule has 10 heteroatoms. The molecule has 140 valence electrons. The molecule has 1 aliphatic heterocycles. The van der Waals surface area contributed by atoms with Crippen LogP contribution in [-0.4, -0.2) is 44.9 Å². The van der Waals surface area contributed by atoms with E-state index in [1.807, 2.05) is 0 Å². The molecule has 1 fully saturated rings. The Balaban J connectivity index is 1.93. The summed E-state index contributed by atoms with van der Waals surface area (Å²) >= 11 is 0. The van der Waals surface area contributed by atoms with Gasteiger partial charge in [0, 0.05) is 25.0 Å². The highest BCUT2D eigenvalue weighted by Crippen LogP contribution is 2.29. The number of carbonyl (C=O) groups excluding carboxylic acids is 1. The van der Waals surface area contributed by atoms with Crippen molar-refractivity contribution in [2.24, 2.45) is 11.7 Å². The summed E-state index contributed by atoms with van der Waals surface area (Å²) in [6.45, 7) is 0.331. The Morgan fingerprint density at radius 1 is 1.37 bits per heavy atom. The Hall–Kier alpha value is -3.61. The quantitative estimate of drug-likeness (QED) is 0.750. The average Bonchev–Trinajstić information content (AvgIpc) is 3.07. The number of primary amides is 1. The number of rotatable bonds is 4. The molecule has 1 aliphatic rings. The number of anilines is 2. The highest BCUT2D eigenvalue weighted by Gasteiger charge is 2.34. The molecule has 2 heterocycles. The van der Waals surface area contributed by atoms with E-state index in [9.17, 15) is 24.3 Å². The lowest BCUT2D eigenvalue weighted by Crippen LogP contribution is -2.43. The van der Waals surface area contributed by atoms with Crippen molar-refractivity contribution < 1.29 is 19.1 Å². The number of nitrogens with two attached hydrogens (primary N) is 1. The molecule has 0 aliphatic carbocycles. The highest BCUT2D eigenvalue weighted by molar-refractivity contribution is 5.98. The van der Waals surface area contributed by atoms with Gasteiger partial charge in [-0.15, -0.1) is 0 Å². The van der Waals surface area contributed by atoms with E-state index in [-0.39, 0.29) is 24.5 Å². The molecule has 0 radical (unpaired) electrons. The molecule has 4 N–H and O–H groups in total. The second-order valence-electron chi connectivity index (χ2n) is 6.19. The molecule has 0 bridgehead atoms. The summed E-state index contributed by atoms with van der Waals surface area (Å²) in [5.41, 5.74) is 6.00. The minimum absolute atomic E-state index is 0.0728. The van der Waals surface area contributed by atoms with E-state index in [0.717, 1.165) is 0 Å². The number of amides is 2. The number of carboxylic acid groups (broad SMARTS) is 1. The van der Waals surface area contributed by atoms with Crippen LogP contribution in [0.1, 0.15) is 22.8 Å². The summed E-state index contributed by atoms with van der Waals surface area (Å²) in [6.07, 6.45) is 0.678. The predicted molar refractivity (Wildman–Crippen MR) is 92.8 cm³/mol. The molecule has 9 nitrogen and oxygen atoms in total. The number of nitriles is 1. The Bertz CT molecular complexity index is 904. The van der Waals surface area contributed by atoms with Gasteiger partial charge in [-0.1, -0.05) is 0 Å². The number of carbonyl (C=O) groups is 2. The molecule has 0 unspecified atom stereocenters. The first-order valence-electron chi connectivity index (χ1n) is 8.18. The van der Waals surface area contributed by atoms with Crippen LogP contribution in [-0.2, 0) is 0 Å². The van der Waals surface area contributed by atoms with E-state index in [4.69, 9.17) is 5.73 Å². The fraction of sp³-hybridized carbons (Fsp3) is 0.294. The van der Waals surface area contributed by atoms with Crippen molar-refractivity contribution in [3.05, 3.63) is 41.8 Å². The number of nitrogens with one attached hydrogen (secondary N) is 1. The van der Waals surface area contributed by atoms with Gasteiger partial charge in [0.05, 0.1) is 18.0 Å². The van der Waals surface area contributed by atoms with Crippen molar-refractivity contribution in [2.75, 3.05) is 18.4 Å². The Kier molecular flexibility index (Phi) is 4.94. The van der Waals surface area contributed by atoms with Crippen molar-refractivity contribution >= 4 is 23.5 Å². The van der Waals surface area contributed by atoms with Crippen LogP contribution in [0.3, 0.4) is 0 Å². The van der Waals surface area contributed by atoms with Gasteiger partial charge >= 0.3 is 6.09 Å². The lowest BCUT2D eigenvalue weighted by atomic mass is 9.93. The third kappa shape index (κ3) is 3.82. The van der Waals surface area contributed by atoms with Gasteiger partial charge in [-0.05, 0) is 30.7 Å². The maximum Gasteiger partial charge on any atom is 0.407 e. The monoisotopic (exact) mass is 372 g/mol. The Morgan fingerprint density at radius 3 is 2.67 bits per heavy atom. The number of aromatic nitrogens is 2. The summed E-state index contributed by atoms with van der Waals surface area (Å²) in [5.74, 6) is -1.45. The molecule has 2 atom stereocenters. The summed E-state index contributed by atoms with van der Waals surface area (Å²) in [5, 5.41) is 25.8. The zero-order chi connectivity index (χ0) is 19.6. The molecular formula is C17H17FN6O3. The predicted octanol–water partition coefficient (Wildman–Crippen LogP) is 1.93. The van der Waals surface area contributed by atoms with E-state index in [0.29, 0.717) is 12.1 Å². The van der Waals surface area contributed by atoms with E-state index in [1.165, 1.54) is 40.0 Å². The van der Waals surface area contributed by atoms with Gasteiger partial charge in [-0.25, -0.2) is 9.18 Å². The second-order valence-corrected chi connectivity index (χ2v) is 6.19. The summed E-state index contributed by atoms with van der Waals surface area (Å²) in [7, 11) is 0. The van der Waals surface area contributed by atoms with Crippen LogP contribution in [0.4, 0.5) is 20.7 Å². The van der Waals surface area contributed by atoms with E-state index in [1.54, 1.807) is 0 Å². The first-order valence-corrected chi connectivity index (χ1v) is 8.18. The number of likely N-dealkylation sites (tertiary alicyclic amines) is 1. The van der Waals surface area contributed by atoms with Crippen molar-refractivity contribution in [1.82, 2.24) is 14.7 Å². The molecule has 2 aromatic rings. The second kappa shape index (κ2) is 7.33. The number of benzene rings is 1. The van der Waals surface area contributed by atoms with Gasteiger partial charge in [0.2, 0.25) is 0 Å². The van der Waals surface area contributed by atoms with Crippen LogP contribution in [0.15, 0.2) is 30.5 Å². The number of piperidine rings is 1. The van der Waals surface area contributed by atoms with Gasteiger partial charge in [0.15, 0.2) is 5.82 Å². The smallest absolute Gasteiger partial charge is 0.407 e. The standard InChI is InChI=1S/C17H17FN6O3/c18-11-1-3-12(4-2-11)21-16-13(15(20)25)8-24(22-16)14-9-23(17(26)27)6-5-10(14)7-19/h1-4,8,10,14H,5-6,9H2,(H2,20,25)(H,21,22)(H,26,27)/t10-,14+/m0/s1. The van der Waals surface area contributed by atoms with Crippen LogP contribution in [0.2, 0.25) is 0 Å². The molecular weight excluding hydrogens is 355 g/mol. The van der Waals surface area contributed by atoms with Crippen molar-refractivity contribution in [1.29, 1.82) is 5.26 Å². The third-order valence-corrected chi connectivity index (χ3v) is 4.46. The summed E-state index contributed by atoms with van der Waals surface area (Å²) in [6, 6.07) is 7.07. The van der Waals surface area contributed by atoms with Crippen molar-refractivity contribution in [3.63, 3.8) is 0 Å². The van der Waals surface area contributed by atoms with Crippen molar-refractivity contribution in [3.8, 4) is 6.07 Å². The number of hydrogen-bond donors (Lipinski definition) is 3. The number of hydrogen-bond acceptors (Lipinski definition) is 5. The molecule has 1 aromatic carbocycles. The van der Waals surface area contributed by atoms with Crippen LogP contribution >= 0.6 is 0 Å². The van der Waals surface area contributed by atoms with Crippen LogP contribution in [0.5, 0.6) is 0 Å². The van der Waals surface area contributed by atoms with Crippen molar-refractivity contribution in [2.45, 2.75) is 12.5 Å². The fourth-order valence-corrected chi connectivity index (χ4v) is 3.03. The van der Waals surface area contributed by atoms with E-state index < -0.39 is 29.8 Å². The Morgan fingerprint density at radius 2 is 2.07 bits per heavy atom. The molecule has 27 heavy (non-hydrogen) atoms. The first kappa shape index (κ1) is 18.2. The highest BCUT2D eigenvalue weighted by atomic mass is 19.1. The molecule has 2 amide bonds.